The minimum absolute atomic E-state index is 0.0470. The highest BCUT2D eigenvalue weighted by Crippen LogP contribution is 2.24. The Morgan fingerprint density at radius 2 is 1.78 bits per heavy atom. The van der Waals surface area contributed by atoms with Crippen LogP contribution in [0.15, 0.2) is 48.5 Å². The van der Waals surface area contributed by atoms with Gasteiger partial charge in [0.2, 0.25) is 5.91 Å². The van der Waals surface area contributed by atoms with Crippen molar-refractivity contribution in [3.8, 4) is 5.75 Å². The van der Waals surface area contributed by atoms with Gasteiger partial charge < -0.3 is 10.1 Å². The molecule has 0 unspecified atom stereocenters. The van der Waals surface area contributed by atoms with Crippen LogP contribution in [0.2, 0.25) is 0 Å². The molecule has 0 radical (unpaired) electrons. The van der Waals surface area contributed by atoms with Crippen molar-refractivity contribution in [3.63, 3.8) is 0 Å². The Hall–Kier alpha value is -2.36. The van der Waals surface area contributed by atoms with Crippen molar-refractivity contribution in [3.05, 3.63) is 65.5 Å². The van der Waals surface area contributed by atoms with Gasteiger partial charge >= 0.3 is 0 Å². The van der Waals surface area contributed by atoms with Crippen molar-refractivity contribution in [1.29, 1.82) is 0 Å². The van der Waals surface area contributed by atoms with E-state index in [4.69, 9.17) is 4.74 Å². The summed E-state index contributed by atoms with van der Waals surface area (Å²) < 4.78 is 18.7. The van der Waals surface area contributed by atoms with Gasteiger partial charge in [-0.15, -0.1) is 0 Å². The van der Waals surface area contributed by atoms with Gasteiger partial charge in [0, 0.05) is 12.0 Å². The first-order chi connectivity index (χ1) is 10.9. The van der Waals surface area contributed by atoms with Crippen LogP contribution in [0.1, 0.15) is 25.0 Å². The molecule has 0 fully saturated rings. The third kappa shape index (κ3) is 4.55. The molecule has 0 atom stereocenters. The summed E-state index contributed by atoms with van der Waals surface area (Å²) in [6.07, 6.45) is 0.0470. The van der Waals surface area contributed by atoms with E-state index < -0.39 is 0 Å². The summed E-state index contributed by atoms with van der Waals surface area (Å²) in [5, 5.41) is 2.89. The zero-order valence-corrected chi connectivity index (χ0v) is 13.7. The lowest BCUT2D eigenvalue weighted by Crippen LogP contribution is -2.37. The predicted octanol–water partition coefficient (Wildman–Crippen LogP) is 3.47. The fourth-order valence-corrected chi connectivity index (χ4v) is 2.34. The third-order valence-electron chi connectivity index (χ3n) is 3.91. The molecule has 0 bridgehead atoms. The maximum absolute atomic E-state index is 13.6. The molecular weight excluding hydrogens is 293 g/mol. The van der Waals surface area contributed by atoms with E-state index in [2.05, 4.69) is 19.2 Å². The number of benzene rings is 2. The summed E-state index contributed by atoms with van der Waals surface area (Å²) in [6, 6.07) is 14.1. The Morgan fingerprint density at radius 3 is 2.39 bits per heavy atom. The van der Waals surface area contributed by atoms with Crippen LogP contribution >= 0.6 is 0 Å². The number of carbonyl (C=O) groups is 1. The van der Waals surface area contributed by atoms with Crippen LogP contribution in [0.5, 0.6) is 5.75 Å². The fourth-order valence-electron chi connectivity index (χ4n) is 2.34. The third-order valence-corrected chi connectivity index (χ3v) is 3.91. The lowest BCUT2D eigenvalue weighted by atomic mass is 9.84. The molecule has 2 rings (SSSR count). The summed E-state index contributed by atoms with van der Waals surface area (Å²) in [7, 11) is 1.63. The van der Waals surface area contributed by atoms with Gasteiger partial charge in [-0.25, -0.2) is 4.39 Å². The number of methoxy groups -OCH3 is 1. The molecule has 0 aliphatic heterocycles. The van der Waals surface area contributed by atoms with Crippen LogP contribution in [0.3, 0.4) is 0 Å². The topological polar surface area (TPSA) is 38.3 Å². The van der Waals surface area contributed by atoms with Gasteiger partial charge in [0.15, 0.2) is 0 Å². The van der Waals surface area contributed by atoms with Gasteiger partial charge in [-0.3, -0.25) is 4.79 Å². The SMILES string of the molecule is COc1ccc(C(C)(C)CNC(=O)Cc2ccccc2F)cc1. The molecule has 1 N–H and O–H groups in total. The second-order valence-corrected chi connectivity index (χ2v) is 6.16. The molecule has 122 valence electrons. The minimum atomic E-state index is -0.350. The normalized spacial score (nSPS) is 11.1. The first-order valence-electron chi connectivity index (χ1n) is 7.57. The molecule has 0 aliphatic rings. The van der Waals surface area contributed by atoms with E-state index >= 15 is 0 Å². The molecule has 1 amide bonds. The van der Waals surface area contributed by atoms with E-state index in [0.717, 1.165) is 11.3 Å². The average Bonchev–Trinajstić information content (AvgIpc) is 2.55. The Balaban J connectivity index is 1.95. The van der Waals surface area contributed by atoms with E-state index in [0.29, 0.717) is 12.1 Å². The number of ether oxygens (including phenoxy) is 1. The van der Waals surface area contributed by atoms with Crippen molar-refractivity contribution in [2.75, 3.05) is 13.7 Å². The second-order valence-electron chi connectivity index (χ2n) is 6.16. The standard InChI is InChI=1S/C19H22FNO2/c1-19(2,15-8-10-16(23-3)11-9-15)13-21-18(22)12-14-6-4-5-7-17(14)20/h4-11H,12-13H2,1-3H3,(H,21,22). The molecule has 0 aromatic heterocycles. The number of rotatable bonds is 6. The summed E-state index contributed by atoms with van der Waals surface area (Å²) in [4.78, 5) is 12.0. The van der Waals surface area contributed by atoms with Crippen molar-refractivity contribution >= 4 is 5.91 Å². The largest absolute Gasteiger partial charge is 0.497 e. The summed E-state index contributed by atoms with van der Waals surface area (Å²) >= 11 is 0. The molecule has 3 nitrogen and oxygen atoms in total. The molecular formula is C19H22FNO2. The van der Waals surface area contributed by atoms with Crippen molar-refractivity contribution in [2.24, 2.45) is 0 Å². The smallest absolute Gasteiger partial charge is 0.224 e. The molecule has 23 heavy (non-hydrogen) atoms. The molecule has 0 aliphatic carbocycles. The first kappa shape index (κ1) is 17.0. The van der Waals surface area contributed by atoms with Crippen LogP contribution in [-0.2, 0) is 16.6 Å². The first-order valence-corrected chi connectivity index (χ1v) is 7.57. The monoisotopic (exact) mass is 315 g/mol. The average molecular weight is 315 g/mol. The quantitative estimate of drug-likeness (QED) is 0.886. The maximum Gasteiger partial charge on any atom is 0.224 e. The van der Waals surface area contributed by atoms with Gasteiger partial charge in [-0.05, 0) is 29.3 Å². The van der Waals surface area contributed by atoms with Crippen molar-refractivity contribution in [1.82, 2.24) is 5.32 Å². The van der Waals surface area contributed by atoms with Crippen LogP contribution in [0.25, 0.3) is 0 Å². The number of hydrogen-bond acceptors (Lipinski definition) is 2. The molecule has 0 saturated heterocycles. The highest BCUT2D eigenvalue weighted by molar-refractivity contribution is 5.78. The maximum atomic E-state index is 13.6. The number of halogens is 1. The number of carbonyl (C=O) groups excluding carboxylic acids is 1. The lowest BCUT2D eigenvalue weighted by Gasteiger charge is -2.26. The molecule has 0 saturated carbocycles. The number of hydrogen-bond donors (Lipinski definition) is 1. The van der Waals surface area contributed by atoms with Gasteiger partial charge in [0.05, 0.1) is 13.5 Å². The van der Waals surface area contributed by atoms with Crippen LogP contribution in [0, 0.1) is 5.82 Å². The summed E-state index contributed by atoms with van der Waals surface area (Å²) in [5.41, 5.74) is 1.29. The summed E-state index contributed by atoms with van der Waals surface area (Å²) in [6.45, 7) is 4.59. The fraction of sp³-hybridized carbons (Fsp3) is 0.316. The molecule has 0 heterocycles. The van der Waals surface area contributed by atoms with Crippen LogP contribution in [-0.4, -0.2) is 19.6 Å². The predicted molar refractivity (Wildman–Crippen MR) is 89.1 cm³/mol. The Morgan fingerprint density at radius 1 is 1.13 bits per heavy atom. The Labute approximate surface area is 136 Å². The van der Waals surface area contributed by atoms with Gasteiger partial charge in [0.1, 0.15) is 11.6 Å². The van der Waals surface area contributed by atoms with Gasteiger partial charge in [0.25, 0.3) is 0 Å². The van der Waals surface area contributed by atoms with Crippen molar-refractivity contribution < 1.29 is 13.9 Å². The summed E-state index contributed by atoms with van der Waals surface area (Å²) in [5.74, 6) is 0.266. The zero-order chi connectivity index (χ0) is 16.9. The molecule has 2 aromatic rings. The number of nitrogens with one attached hydrogen (secondary N) is 1. The minimum Gasteiger partial charge on any atom is -0.497 e. The second kappa shape index (κ2) is 7.27. The zero-order valence-electron chi connectivity index (χ0n) is 13.7. The highest BCUT2D eigenvalue weighted by Gasteiger charge is 2.21. The van der Waals surface area contributed by atoms with E-state index in [9.17, 15) is 9.18 Å². The van der Waals surface area contributed by atoms with Crippen molar-refractivity contribution in [2.45, 2.75) is 25.7 Å². The molecule has 4 heteroatoms. The van der Waals surface area contributed by atoms with Crippen LogP contribution < -0.4 is 10.1 Å². The van der Waals surface area contributed by atoms with Gasteiger partial charge in [-0.1, -0.05) is 44.2 Å². The molecule has 2 aromatic carbocycles. The van der Waals surface area contributed by atoms with E-state index in [-0.39, 0.29) is 23.6 Å². The molecule has 0 spiro atoms. The van der Waals surface area contributed by atoms with Crippen LogP contribution in [0.4, 0.5) is 4.39 Å². The van der Waals surface area contributed by atoms with E-state index in [1.54, 1.807) is 25.3 Å². The van der Waals surface area contributed by atoms with E-state index in [1.165, 1.54) is 6.07 Å². The van der Waals surface area contributed by atoms with Gasteiger partial charge in [-0.2, -0.15) is 0 Å². The number of amides is 1. The highest BCUT2D eigenvalue weighted by atomic mass is 19.1. The Kier molecular flexibility index (Phi) is 5.37. The lowest BCUT2D eigenvalue weighted by molar-refractivity contribution is -0.120. The Bertz CT molecular complexity index is 665. The van der Waals surface area contributed by atoms with E-state index in [1.807, 2.05) is 24.3 Å².